The molecular formula is C39H53N3O7. The zero-order chi connectivity index (χ0) is 35.6. The second-order valence-corrected chi connectivity index (χ2v) is 13.8. The van der Waals surface area contributed by atoms with E-state index in [2.05, 4.69) is 0 Å². The van der Waals surface area contributed by atoms with Crippen LogP contribution in [0.15, 0.2) is 66.7 Å². The van der Waals surface area contributed by atoms with Crippen molar-refractivity contribution in [2.45, 2.75) is 78.2 Å². The van der Waals surface area contributed by atoms with Crippen LogP contribution in [0.2, 0.25) is 0 Å². The van der Waals surface area contributed by atoms with E-state index in [-0.39, 0.29) is 30.6 Å². The lowest BCUT2D eigenvalue weighted by molar-refractivity contribution is -0.0263. The number of hydrogen-bond donors (Lipinski definition) is 1. The van der Waals surface area contributed by atoms with Crippen LogP contribution in [-0.4, -0.2) is 80.0 Å². The molecule has 3 aromatic rings. The van der Waals surface area contributed by atoms with Gasteiger partial charge in [-0.1, -0.05) is 37.3 Å². The van der Waals surface area contributed by atoms with Crippen molar-refractivity contribution in [1.82, 2.24) is 9.80 Å². The number of para-hydroxylation sites is 1. The molecule has 0 saturated carbocycles. The van der Waals surface area contributed by atoms with E-state index in [1.807, 2.05) is 83.1 Å². The fourth-order valence-electron chi connectivity index (χ4n) is 5.67. The summed E-state index contributed by atoms with van der Waals surface area (Å²) in [5.74, 6) is 1.51. The Labute approximate surface area is 291 Å². The number of likely N-dealkylation sites (N-methyl/N-ethyl adjacent to an activating group) is 1. The van der Waals surface area contributed by atoms with Gasteiger partial charge in [0.1, 0.15) is 22.8 Å². The molecule has 2 amide bonds. The number of benzene rings is 3. The number of carbonyl (C=O) groups is 2. The maximum absolute atomic E-state index is 14.6. The number of nitrogens with zero attached hydrogens (tertiary/aromatic N) is 2. The SMILES string of the molecule is COc1ccc(COC[C@H](C)N2C[C@@H](C)[C@H](CN(C)C(=O)OC(C)(C)C)OCCCCc3ccccc3Oc3ccc(N)cc3C2=O)cc1. The van der Waals surface area contributed by atoms with E-state index in [1.54, 1.807) is 42.2 Å². The number of nitrogen functional groups attached to an aromatic ring is 1. The third-order valence-corrected chi connectivity index (χ3v) is 8.46. The first-order valence-electron chi connectivity index (χ1n) is 17.1. The summed E-state index contributed by atoms with van der Waals surface area (Å²) < 4.78 is 30.0. The molecule has 1 heterocycles. The number of fused-ring (bicyclic) bond motifs is 2. The van der Waals surface area contributed by atoms with Crippen molar-refractivity contribution in [3.8, 4) is 17.2 Å². The quantitative estimate of drug-likeness (QED) is 0.247. The molecule has 10 nitrogen and oxygen atoms in total. The average molecular weight is 676 g/mol. The first kappa shape index (κ1) is 37.5. The minimum absolute atomic E-state index is 0.161. The summed E-state index contributed by atoms with van der Waals surface area (Å²) in [4.78, 5) is 30.9. The van der Waals surface area contributed by atoms with Gasteiger partial charge >= 0.3 is 6.09 Å². The molecule has 0 bridgehead atoms. The standard InChI is InChI=1S/C39H53N3O7/c1-27-23-42(28(2)25-46-26-29-15-18-32(45-7)19-16-29)37(43)33-22-31(40)17-20-35(33)48-34-14-9-8-12-30(34)13-10-11-21-47-36(27)24-41(6)38(44)49-39(3,4)5/h8-9,12,14-20,22,27-28,36H,10-11,13,21,23-26,40H2,1-7H3/t27-,28+,36+/m1/s1. The largest absolute Gasteiger partial charge is 0.497 e. The van der Waals surface area contributed by atoms with E-state index >= 15 is 0 Å². The number of ether oxygens (including phenoxy) is 5. The molecule has 10 heteroatoms. The van der Waals surface area contributed by atoms with Crippen LogP contribution in [0, 0.1) is 5.92 Å². The molecule has 49 heavy (non-hydrogen) atoms. The zero-order valence-corrected chi connectivity index (χ0v) is 30.1. The normalized spacial score (nSPS) is 18.2. The maximum atomic E-state index is 14.6. The van der Waals surface area contributed by atoms with Crippen molar-refractivity contribution in [2.75, 3.05) is 46.2 Å². The summed E-state index contributed by atoms with van der Waals surface area (Å²) in [6, 6.07) is 20.4. The molecule has 0 spiro atoms. The Bertz CT molecular complexity index is 1520. The molecule has 3 aromatic carbocycles. The van der Waals surface area contributed by atoms with Gasteiger partial charge in [-0.2, -0.15) is 0 Å². The number of nitrogens with two attached hydrogens (primary N) is 1. The average Bonchev–Trinajstić information content (AvgIpc) is 3.06. The Morgan fingerprint density at radius 2 is 1.80 bits per heavy atom. The van der Waals surface area contributed by atoms with Crippen molar-refractivity contribution in [1.29, 1.82) is 0 Å². The summed E-state index contributed by atoms with van der Waals surface area (Å²) >= 11 is 0. The minimum atomic E-state index is -0.627. The fraction of sp³-hybridized carbons (Fsp3) is 0.487. The highest BCUT2D eigenvalue weighted by molar-refractivity contribution is 5.98. The van der Waals surface area contributed by atoms with E-state index in [1.165, 1.54) is 0 Å². The third-order valence-electron chi connectivity index (χ3n) is 8.46. The van der Waals surface area contributed by atoms with Crippen molar-refractivity contribution < 1.29 is 33.3 Å². The lowest BCUT2D eigenvalue weighted by Gasteiger charge is -2.36. The van der Waals surface area contributed by atoms with Gasteiger partial charge in [0.05, 0.1) is 44.6 Å². The van der Waals surface area contributed by atoms with Crippen LogP contribution in [0.25, 0.3) is 0 Å². The second-order valence-electron chi connectivity index (χ2n) is 13.8. The molecule has 1 aliphatic rings. The van der Waals surface area contributed by atoms with Gasteiger partial charge in [0.2, 0.25) is 0 Å². The lowest BCUT2D eigenvalue weighted by Crippen LogP contribution is -2.48. The molecule has 0 unspecified atom stereocenters. The molecule has 0 aromatic heterocycles. The number of amides is 2. The number of rotatable bonds is 8. The highest BCUT2D eigenvalue weighted by Crippen LogP contribution is 2.32. The third kappa shape index (κ3) is 11.1. The van der Waals surface area contributed by atoms with E-state index in [0.717, 1.165) is 36.1 Å². The smallest absolute Gasteiger partial charge is 0.410 e. The second kappa shape index (κ2) is 17.4. The van der Waals surface area contributed by atoms with Crippen LogP contribution in [-0.2, 0) is 27.2 Å². The Hall–Kier alpha value is -4.28. The fourth-order valence-corrected chi connectivity index (χ4v) is 5.67. The van der Waals surface area contributed by atoms with Crippen LogP contribution >= 0.6 is 0 Å². The van der Waals surface area contributed by atoms with E-state index in [0.29, 0.717) is 49.1 Å². The predicted molar refractivity (Wildman–Crippen MR) is 191 cm³/mol. The van der Waals surface area contributed by atoms with Gasteiger partial charge < -0.3 is 39.2 Å². The van der Waals surface area contributed by atoms with Crippen LogP contribution in [0.1, 0.15) is 68.9 Å². The lowest BCUT2D eigenvalue weighted by atomic mass is 10.0. The molecular weight excluding hydrogens is 622 g/mol. The van der Waals surface area contributed by atoms with Gasteiger partial charge in [-0.3, -0.25) is 4.79 Å². The number of hydrogen-bond acceptors (Lipinski definition) is 8. The number of methoxy groups -OCH3 is 1. The highest BCUT2D eigenvalue weighted by Gasteiger charge is 2.32. The van der Waals surface area contributed by atoms with Crippen LogP contribution in [0.5, 0.6) is 17.2 Å². The highest BCUT2D eigenvalue weighted by atomic mass is 16.6. The maximum Gasteiger partial charge on any atom is 0.410 e. The van der Waals surface area contributed by atoms with Gasteiger partial charge in [-0.15, -0.1) is 0 Å². The van der Waals surface area contributed by atoms with Gasteiger partial charge in [0.25, 0.3) is 5.91 Å². The van der Waals surface area contributed by atoms with Gasteiger partial charge in [-0.25, -0.2) is 4.79 Å². The molecule has 0 radical (unpaired) electrons. The molecule has 266 valence electrons. The summed E-state index contributed by atoms with van der Waals surface area (Å²) in [5.41, 5.74) is 8.48. The van der Waals surface area contributed by atoms with Crippen molar-refractivity contribution in [3.05, 3.63) is 83.4 Å². The van der Waals surface area contributed by atoms with Crippen molar-refractivity contribution >= 4 is 17.7 Å². The minimum Gasteiger partial charge on any atom is -0.497 e. The Balaban J connectivity index is 1.65. The number of aryl methyl sites for hydroxylation is 1. The number of anilines is 1. The van der Waals surface area contributed by atoms with E-state index in [9.17, 15) is 9.59 Å². The Morgan fingerprint density at radius 3 is 2.51 bits per heavy atom. The van der Waals surface area contributed by atoms with Crippen LogP contribution < -0.4 is 15.2 Å². The summed E-state index contributed by atoms with van der Waals surface area (Å²) in [7, 11) is 3.35. The van der Waals surface area contributed by atoms with E-state index in [4.69, 9.17) is 29.4 Å². The number of carbonyl (C=O) groups excluding carboxylic acids is 2. The van der Waals surface area contributed by atoms with Crippen LogP contribution in [0.3, 0.4) is 0 Å². The van der Waals surface area contributed by atoms with Crippen molar-refractivity contribution in [2.24, 2.45) is 5.92 Å². The monoisotopic (exact) mass is 675 g/mol. The Kier molecular flexibility index (Phi) is 13.3. The molecule has 4 rings (SSSR count). The first-order valence-corrected chi connectivity index (χ1v) is 17.1. The van der Waals surface area contributed by atoms with Crippen LogP contribution in [0.4, 0.5) is 10.5 Å². The van der Waals surface area contributed by atoms with Gasteiger partial charge in [0, 0.05) is 31.8 Å². The summed E-state index contributed by atoms with van der Waals surface area (Å²) in [6.45, 7) is 11.4. The molecule has 0 fully saturated rings. The van der Waals surface area contributed by atoms with Gasteiger partial charge in [-0.05, 0) is 94.5 Å². The molecule has 3 atom stereocenters. The zero-order valence-electron chi connectivity index (χ0n) is 30.1. The molecule has 1 aliphatic heterocycles. The molecule has 0 aliphatic carbocycles. The van der Waals surface area contributed by atoms with Gasteiger partial charge in [0.15, 0.2) is 0 Å². The predicted octanol–water partition coefficient (Wildman–Crippen LogP) is 7.34. The molecule has 2 N–H and O–H groups in total. The first-order chi connectivity index (χ1) is 23.3. The topological polar surface area (TPSA) is 113 Å². The summed E-state index contributed by atoms with van der Waals surface area (Å²) in [5, 5.41) is 0. The van der Waals surface area contributed by atoms with Crippen molar-refractivity contribution in [3.63, 3.8) is 0 Å². The Morgan fingerprint density at radius 1 is 1.06 bits per heavy atom. The van der Waals surface area contributed by atoms with E-state index < -0.39 is 11.7 Å². The molecule has 0 saturated heterocycles. The summed E-state index contributed by atoms with van der Waals surface area (Å²) in [6.07, 6.45) is 1.69.